The lowest BCUT2D eigenvalue weighted by Gasteiger charge is -2.10. The summed E-state index contributed by atoms with van der Waals surface area (Å²) >= 11 is 8.62. The minimum atomic E-state index is -4.44. The third-order valence-electron chi connectivity index (χ3n) is 2.11. The molecule has 2 rings (SSSR count). The highest BCUT2D eigenvalue weighted by Gasteiger charge is 2.31. The highest BCUT2D eigenvalue weighted by atomic mass is 79.9. The van der Waals surface area contributed by atoms with Gasteiger partial charge in [-0.2, -0.15) is 17.9 Å². The van der Waals surface area contributed by atoms with Crippen LogP contribution >= 0.6 is 27.5 Å². The van der Waals surface area contributed by atoms with Crippen LogP contribution < -0.4 is 0 Å². The Bertz CT molecular complexity index is 569. The lowest BCUT2D eigenvalue weighted by atomic mass is 10.2. The number of hydrogen-bond donors (Lipinski definition) is 0. The number of nitrogens with zero attached hydrogens (tertiary/aromatic N) is 4. The number of benzene rings is 1. The summed E-state index contributed by atoms with van der Waals surface area (Å²) in [6, 6.07) is 3.41. The molecule has 96 valence electrons. The standard InChI is InChI=1S/C9H5BrClF3N4/c10-6-1-5(9(12,13)14)2-7(3-6)18-8(4-11)15-16-17-18/h1-3H,4H2. The molecule has 0 unspecified atom stereocenters. The van der Waals surface area contributed by atoms with E-state index in [0.29, 0.717) is 0 Å². The average Bonchev–Trinajstić information content (AvgIpc) is 2.74. The molecule has 0 aliphatic carbocycles. The third-order valence-corrected chi connectivity index (χ3v) is 2.80. The van der Waals surface area contributed by atoms with Gasteiger partial charge in [0.15, 0.2) is 5.82 Å². The second kappa shape index (κ2) is 4.85. The molecular weight excluding hydrogens is 336 g/mol. The Morgan fingerprint density at radius 1 is 1.28 bits per heavy atom. The van der Waals surface area contributed by atoms with E-state index in [1.54, 1.807) is 0 Å². The summed E-state index contributed by atoms with van der Waals surface area (Å²) in [5, 5.41) is 10.6. The van der Waals surface area contributed by atoms with E-state index in [2.05, 4.69) is 31.5 Å². The predicted octanol–water partition coefficient (Wildman–Crippen LogP) is 3.18. The summed E-state index contributed by atoms with van der Waals surface area (Å²) in [5.74, 6) is 0.267. The normalized spacial score (nSPS) is 11.8. The number of rotatable bonds is 2. The van der Waals surface area contributed by atoms with E-state index in [-0.39, 0.29) is 21.9 Å². The molecule has 0 spiro atoms. The summed E-state index contributed by atoms with van der Waals surface area (Å²) in [6.45, 7) is 0. The molecule has 18 heavy (non-hydrogen) atoms. The fourth-order valence-electron chi connectivity index (χ4n) is 1.35. The molecule has 0 radical (unpaired) electrons. The van der Waals surface area contributed by atoms with Gasteiger partial charge in [-0.1, -0.05) is 15.9 Å². The van der Waals surface area contributed by atoms with E-state index in [1.807, 2.05) is 0 Å². The van der Waals surface area contributed by atoms with Crippen LogP contribution in [0.15, 0.2) is 22.7 Å². The Kier molecular flexibility index (Phi) is 3.58. The quantitative estimate of drug-likeness (QED) is 0.788. The Morgan fingerprint density at radius 2 is 2.00 bits per heavy atom. The Labute approximate surface area is 113 Å². The van der Waals surface area contributed by atoms with E-state index in [1.165, 1.54) is 6.07 Å². The second-order valence-corrected chi connectivity index (χ2v) is 4.52. The van der Waals surface area contributed by atoms with Crippen molar-refractivity contribution in [3.8, 4) is 5.69 Å². The van der Waals surface area contributed by atoms with E-state index in [4.69, 9.17) is 11.6 Å². The molecule has 2 aromatic rings. The van der Waals surface area contributed by atoms with Gasteiger partial charge in [0.05, 0.1) is 17.1 Å². The van der Waals surface area contributed by atoms with Crippen molar-refractivity contribution >= 4 is 27.5 Å². The largest absolute Gasteiger partial charge is 0.416 e. The first-order chi connectivity index (χ1) is 8.41. The van der Waals surface area contributed by atoms with Gasteiger partial charge in [0.25, 0.3) is 0 Å². The number of halogens is 5. The number of tetrazole rings is 1. The molecule has 0 bridgehead atoms. The van der Waals surface area contributed by atoms with Gasteiger partial charge in [0.1, 0.15) is 0 Å². The molecule has 0 saturated carbocycles. The van der Waals surface area contributed by atoms with Crippen LogP contribution in [-0.2, 0) is 12.1 Å². The summed E-state index contributed by atoms with van der Waals surface area (Å²) in [5.41, 5.74) is -0.597. The molecule has 1 aromatic carbocycles. The van der Waals surface area contributed by atoms with E-state index in [9.17, 15) is 13.2 Å². The summed E-state index contributed by atoms with van der Waals surface area (Å²) < 4.78 is 39.4. The van der Waals surface area contributed by atoms with E-state index >= 15 is 0 Å². The van der Waals surface area contributed by atoms with Crippen molar-refractivity contribution in [2.75, 3.05) is 0 Å². The van der Waals surface area contributed by atoms with Crippen LogP contribution in [0.25, 0.3) is 5.69 Å². The lowest BCUT2D eigenvalue weighted by Crippen LogP contribution is -2.08. The van der Waals surface area contributed by atoms with Crippen LogP contribution in [0.5, 0.6) is 0 Å². The van der Waals surface area contributed by atoms with Gasteiger partial charge in [0, 0.05) is 4.47 Å². The maximum Gasteiger partial charge on any atom is 0.416 e. The van der Waals surface area contributed by atoms with Gasteiger partial charge in [0.2, 0.25) is 0 Å². The highest BCUT2D eigenvalue weighted by Crippen LogP contribution is 2.32. The zero-order chi connectivity index (χ0) is 13.3. The van der Waals surface area contributed by atoms with Gasteiger partial charge in [-0.25, -0.2) is 0 Å². The first-order valence-corrected chi connectivity index (χ1v) is 5.96. The van der Waals surface area contributed by atoms with Crippen molar-refractivity contribution in [1.82, 2.24) is 20.2 Å². The lowest BCUT2D eigenvalue weighted by molar-refractivity contribution is -0.137. The van der Waals surface area contributed by atoms with Crippen LogP contribution in [0.3, 0.4) is 0 Å². The van der Waals surface area contributed by atoms with Gasteiger partial charge in [-0.05, 0) is 28.6 Å². The van der Waals surface area contributed by atoms with Crippen molar-refractivity contribution < 1.29 is 13.2 Å². The van der Waals surface area contributed by atoms with E-state index < -0.39 is 11.7 Å². The van der Waals surface area contributed by atoms with Gasteiger partial charge in [-0.15, -0.1) is 16.7 Å². The van der Waals surface area contributed by atoms with E-state index in [0.717, 1.165) is 16.8 Å². The van der Waals surface area contributed by atoms with Crippen molar-refractivity contribution in [2.24, 2.45) is 0 Å². The SMILES string of the molecule is FC(F)(F)c1cc(Br)cc(-n2nnnc2CCl)c1. The minimum Gasteiger partial charge on any atom is -0.196 e. The molecule has 4 nitrogen and oxygen atoms in total. The van der Waals surface area contributed by atoms with Crippen LogP contribution in [-0.4, -0.2) is 20.2 Å². The molecule has 0 saturated heterocycles. The van der Waals surface area contributed by atoms with Crippen molar-refractivity contribution in [2.45, 2.75) is 12.1 Å². The molecular formula is C9H5BrClF3N4. The first-order valence-electron chi connectivity index (χ1n) is 4.63. The Hall–Kier alpha value is -1.15. The summed E-state index contributed by atoms with van der Waals surface area (Å²) in [7, 11) is 0. The zero-order valence-electron chi connectivity index (χ0n) is 8.62. The maximum absolute atomic E-state index is 12.7. The fraction of sp³-hybridized carbons (Fsp3) is 0.222. The minimum absolute atomic E-state index is 0.000858. The van der Waals surface area contributed by atoms with Crippen molar-refractivity contribution in [3.05, 3.63) is 34.1 Å². The Balaban J connectivity index is 2.56. The van der Waals surface area contributed by atoms with Gasteiger partial charge in [-0.3, -0.25) is 0 Å². The molecule has 1 heterocycles. The van der Waals surface area contributed by atoms with Crippen LogP contribution in [0.1, 0.15) is 11.4 Å². The second-order valence-electron chi connectivity index (χ2n) is 3.34. The molecule has 9 heteroatoms. The number of hydrogen-bond acceptors (Lipinski definition) is 3. The topological polar surface area (TPSA) is 43.6 Å². The molecule has 0 aliphatic heterocycles. The average molecular weight is 342 g/mol. The van der Waals surface area contributed by atoms with Crippen LogP contribution in [0.4, 0.5) is 13.2 Å². The summed E-state index contributed by atoms with van der Waals surface area (Å²) in [6.07, 6.45) is -4.44. The molecule has 0 N–H and O–H groups in total. The monoisotopic (exact) mass is 340 g/mol. The Morgan fingerprint density at radius 3 is 2.61 bits per heavy atom. The van der Waals surface area contributed by atoms with Crippen LogP contribution in [0, 0.1) is 0 Å². The molecule has 0 atom stereocenters. The molecule has 1 aromatic heterocycles. The van der Waals surface area contributed by atoms with Crippen molar-refractivity contribution in [3.63, 3.8) is 0 Å². The number of aromatic nitrogens is 4. The summed E-state index contributed by atoms with van der Waals surface area (Å²) in [4.78, 5) is 0. The number of alkyl halides is 4. The molecule has 0 aliphatic rings. The van der Waals surface area contributed by atoms with Crippen LogP contribution in [0.2, 0.25) is 0 Å². The molecule has 0 amide bonds. The smallest absolute Gasteiger partial charge is 0.196 e. The zero-order valence-corrected chi connectivity index (χ0v) is 11.0. The third kappa shape index (κ3) is 2.64. The molecule has 0 fully saturated rings. The van der Waals surface area contributed by atoms with Gasteiger partial charge < -0.3 is 0 Å². The maximum atomic E-state index is 12.7. The fourth-order valence-corrected chi connectivity index (χ4v) is 2.00. The van der Waals surface area contributed by atoms with Crippen molar-refractivity contribution in [1.29, 1.82) is 0 Å². The highest BCUT2D eigenvalue weighted by molar-refractivity contribution is 9.10. The first kappa shape index (κ1) is 13.3. The predicted molar refractivity (Wildman–Crippen MR) is 61.4 cm³/mol. The van der Waals surface area contributed by atoms with Gasteiger partial charge >= 0.3 is 6.18 Å².